The van der Waals surface area contributed by atoms with E-state index >= 15 is 0 Å². The molecule has 4 heteroatoms. The maximum atomic E-state index is 5.30. The molecule has 1 unspecified atom stereocenters. The summed E-state index contributed by atoms with van der Waals surface area (Å²) in [5, 5.41) is 0. The van der Waals surface area contributed by atoms with E-state index < -0.39 is 0 Å². The van der Waals surface area contributed by atoms with Gasteiger partial charge in [0.15, 0.2) is 0 Å². The Balaban J connectivity index is 2.74. The standard InChI is InChI=1S/C7H12N4/c1-2-6(11-8)7-3-4-9-5-10-7/h3-6,11H,2,8H2,1H3. The SMILES string of the molecule is CCC(NN)c1ccncn1. The zero-order valence-electron chi connectivity index (χ0n) is 6.49. The van der Waals surface area contributed by atoms with Crippen molar-refractivity contribution in [2.75, 3.05) is 0 Å². The van der Waals surface area contributed by atoms with Gasteiger partial charge < -0.3 is 0 Å². The van der Waals surface area contributed by atoms with Crippen molar-refractivity contribution in [3.63, 3.8) is 0 Å². The molecule has 0 aliphatic heterocycles. The third kappa shape index (κ3) is 1.96. The van der Waals surface area contributed by atoms with Gasteiger partial charge in [-0.3, -0.25) is 11.3 Å². The zero-order chi connectivity index (χ0) is 8.10. The number of nitrogens with zero attached hydrogens (tertiary/aromatic N) is 2. The molecular formula is C7H12N4. The van der Waals surface area contributed by atoms with E-state index in [-0.39, 0.29) is 6.04 Å². The number of aromatic nitrogens is 2. The number of rotatable bonds is 3. The van der Waals surface area contributed by atoms with E-state index in [2.05, 4.69) is 15.4 Å². The zero-order valence-corrected chi connectivity index (χ0v) is 6.49. The van der Waals surface area contributed by atoms with Gasteiger partial charge in [0.25, 0.3) is 0 Å². The van der Waals surface area contributed by atoms with E-state index in [9.17, 15) is 0 Å². The van der Waals surface area contributed by atoms with Crippen molar-refractivity contribution in [3.05, 3.63) is 24.3 Å². The molecule has 0 aromatic carbocycles. The van der Waals surface area contributed by atoms with Crippen LogP contribution < -0.4 is 11.3 Å². The van der Waals surface area contributed by atoms with Crippen LogP contribution in [-0.4, -0.2) is 9.97 Å². The first kappa shape index (κ1) is 8.10. The van der Waals surface area contributed by atoms with E-state index in [0.717, 1.165) is 12.1 Å². The van der Waals surface area contributed by atoms with Crippen molar-refractivity contribution < 1.29 is 0 Å². The van der Waals surface area contributed by atoms with Crippen molar-refractivity contribution in [2.45, 2.75) is 19.4 Å². The van der Waals surface area contributed by atoms with Crippen LogP contribution in [0.4, 0.5) is 0 Å². The normalized spacial score (nSPS) is 12.9. The number of hydrogen-bond acceptors (Lipinski definition) is 4. The summed E-state index contributed by atoms with van der Waals surface area (Å²) >= 11 is 0. The van der Waals surface area contributed by atoms with E-state index in [0.29, 0.717) is 0 Å². The lowest BCUT2D eigenvalue weighted by Gasteiger charge is -2.11. The van der Waals surface area contributed by atoms with Crippen LogP contribution in [0.15, 0.2) is 18.6 Å². The fourth-order valence-corrected chi connectivity index (χ4v) is 0.919. The first-order valence-corrected chi connectivity index (χ1v) is 3.60. The Labute approximate surface area is 65.8 Å². The Morgan fingerprint density at radius 3 is 3.00 bits per heavy atom. The van der Waals surface area contributed by atoms with E-state index in [4.69, 9.17) is 5.84 Å². The van der Waals surface area contributed by atoms with E-state index in [1.54, 1.807) is 6.20 Å². The minimum atomic E-state index is 0.137. The van der Waals surface area contributed by atoms with Crippen molar-refractivity contribution in [2.24, 2.45) is 5.84 Å². The fraction of sp³-hybridized carbons (Fsp3) is 0.429. The van der Waals surface area contributed by atoms with Gasteiger partial charge in [0.1, 0.15) is 6.33 Å². The molecule has 1 aromatic heterocycles. The second kappa shape index (κ2) is 4.00. The second-order valence-corrected chi connectivity index (χ2v) is 2.26. The Bertz CT molecular complexity index is 195. The third-order valence-electron chi connectivity index (χ3n) is 1.57. The quantitative estimate of drug-likeness (QED) is 0.486. The predicted octanol–water partition coefficient (Wildman–Crippen LogP) is 0.391. The monoisotopic (exact) mass is 152 g/mol. The Morgan fingerprint density at radius 2 is 2.55 bits per heavy atom. The lowest BCUT2D eigenvalue weighted by atomic mass is 10.1. The maximum absolute atomic E-state index is 5.30. The average molecular weight is 152 g/mol. The van der Waals surface area contributed by atoms with Crippen LogP contribution in [0.25, 0.3) is 0 Å². The molecule has 1 heterocycles. The van der Waals surface area contributed by atoms with Crippen LogP contribution in [0.2, 0.25) is 0 Å². The topological polar surface area (TPSA) is 63.8 Å². The lowest BCUT2D eigenvalue weighted by Crippen LogP contribution is -2.28. The van der Waals surface area contributed by atoms with Gasteiger partial charge in [0.2, 0.25) is 0 Å². The summed E-state index contributed by atoms with van der Waals surface area (Å²) in [7, 11) is 0. The molecule has 0 bridgehead atoms. The molecule has 0 aliphatic rings. The van der Waals surface area contributed by atoms with Crippen LogP contribution >= 0.6 is 0 Å². The largest absolute Gasteiger partial charge is 0.271 e. The Morgan fingerprint density at radius 1 is 1.73 bits per heavy atom. The highest BCUT2D eigenvalue weighted by molar-refractivity contribution is 5.03. The first-order chi connectivity index (χ1) is 5.38. The van der Waals surface area contributed by atoms with Crippen molar-refractivity contribution in [1.29, 1.82) is 0 Å². The van der Waals surface area contributed by atoms with Crippen LogP contribution in [-0.2, 0) is 0 Å². The molecule has 1 atom stereocenters. The third-order valence-corrected chi connectivity index (χ3v) is 1.57. The molecule has 60 valence electrons. The molecule has 0 saturated carbocycles. The summed E-state index contributed by atoms with van der Waals surface area (Å²) in [5.74, 6) is 5.30. The fourth-order valence-electron chi connectivity index (χ4n) is 0.919. The van der Waals surface area contributed by atoms with Gasteiger partial charge in [-0.1, -0.05) is 6.92 Å². The smallest absolute Gasteiger partial charge is 0.115 e. The number of nitrogens with two attached hydrogens (primary N) is 1. The molecule has 11 heavy (non-hydrogen) atoms. The van der Waals surface area contributed by atoms with Crippen molar-refractivity contribution >= 4 is 0 Å². The summed E-state index contributed by atoms with van der Waals surface area (Å²) in [6, 6.07) is 1.99. The van der Waals surface area contributed by atoms with Crippen LogP contribution in [0, 0.1) is 0 Å². The van der Waals surface area contributed by atoms with Gasteiger partial charge in [-0.05, 0) is 12.5 Å². The van der Waals surface area contributed by atoms with Crippen molar-refractivity contribution in [3.8, 4) is 0 Å². The average Bonchev–Trinajstić information content (AvgIpc) is 2.09. The van der Waals surface area contributed by atoms with Crippen molar-refractivity contribution in [1.82, 2.24) is 15.4 Å². The molecule has 3 N–H and O–H groups in total. The number of hydrogen-bond donors (Lipinski definition) is 2. The van der Waals surface area contributed by atoms with Crippen LogP contribution in [0.5, 0.6) is 0 Å². The van der Waals surface area contributed by atoms with Gasteiger partial charge >= 0.3 is 0 Å². The summed E-state index contributed by atoms with van der Waals surface area (Å²) in [6.45, 7) is 2.05. The Kier molecular flexibility index (Phi) is 2.95. The van der Waals surface area contributed by atoms with E-state index in [1.807, 2.05) is 13.0 Å². The maximum Gasteiger partial charge on any atom is 0.115 e. The molecule has 0 radical (unpaired) electrons. The summed E-state index contributed by atoms with van der Waals surface area (Å²) in [4.78, 5) is 7.88. The summed E-state index contributed by atoms with van der Waals surface area (Å²) in [5.41, 5.74) is 3.61. The summed E-state index contributed by atoms with van der Waals surface area (Å²) in [6.07, 6.45) is 4.16. The molecule has 1 rings (SSSR count). The van der Waals surface area contributed by atoms with Crippen LogP contribution in [0.3, 0.4) is 0 Å². The molecular weight excluding hydrogens is 140 g/mol. The highest BCUT2D eigenvalue weighted by Gasteiger charge is 2.06. The van der Waals surface area contributed by atoms with E-state index in [1.165, 1.54) is 6.33 Å². The van der Waals surface area contributed by atoms with Gasteiger partial charge in [-0.25, -0.2) is 9.97 Å². The predicted molar refractivity (Wildman–Crippen MR) is 42.4 cm³/mol. The minimum Gasteiger partial charge on any atom is -0.271 e. The van der Waals surface area contributed by atoms with Crippen LogP contribution in [0.1, 0.15) is 25.1 Å². The highest BCUT2D eigenvalue weighted by atomic mass is 15.2. The number of nitrogens with one attached hydrogen (secondary N) is 1. The number of hydrazine groups is 1. The second-order valence-electron chi connectivity index (χ2n) is 2.26. The summed E-state index contributed by atoms with van der Waals surface area (Å²) < 4.78 is 0. The molecule has 4 nitrogen and oxygen atoms in total. The molecule has 0 saturated heterocycles. The Hall–Kier alpha value is -1.00. The molecule has 1 aromatic rings. The molecule has 0 fully saturated rings. The molecule has 0 aliphatic carbocycles. The first-order valence-electron chi connectivity index (χ1n) is 3.60. The van der Waals surface area contributed by atoms with Gasteiger partial charge in [0.05, 0.1) is 11.7 Å². The lowest BCUT2D eigenvalue weighted by molar-refractivity contribution is 0.525. The molecule has 0 amide bonds. The van der Waals surface area contributed by atoms with Gasteiger partial charge in [0, 0.05) is 6.20 Å². The molecule has 0 spiro atoms. The highest BCUT2D eigenvalue weighted by Crippen LogP contribution is 2.10. The van der Waals surface area contributed by atoms with Gasteiger partial charge in [-0.2, -0.15) is 0 Å². The van der Waals surface area contributed by atoms with Gasteiger partial charge in [-0.15, -0.1) is 0 Å². The minimum absolute atomic E-state index is 0.137.